The topological polar surface area (TPSA) is 50.8 Å². The van der Waals surface area contributed by atoms with Gasteiger partial charge in [-0.2, -0.15) is 0 Å². The highest BCUT2D eigenvalue weighted by Gasteiger charge is 2.11. The molecule has 0 unspecified atom stereocenters. The minimum Gasteiger partial charge on any atom is -0.496 e. The van der Waals surface area contributed by atoms with Crippen LogP contribution in [-0.4, -0.2) is 38.2 Å². The normalized spacial score (nSPS) is 10.2. The molecule has 2 aromatic rings. The predicted octanol–water partition coefficient (Wildman–Crippen LogP) is 3.53. The average molecular weight is 342 g/mol. The van der Waals surface area contributed by atoms with Crippen LogP contribution in [0.15, 0.2) is 42.5 Å². The Morgan fingerprint density at radius 1 is 1.12 bits per heavy atom. The molecule has 25 heavy (non-hydrogen) atoms. The van der Waals surface area contributed by atoms with Crippen LogP contribution in [0.2, 0.25) is 0 Å². The summed E-state index contributed by atoms with van der Waals surface area (Å²) in [5.41, 5.74) is 3.26. The van der Waals surface area contributed by atoms with Gasteiger partial charge >= 0.3 is 6.03 Å². The number of benzene rings is 2. The summed E-state index contributed by atoms with van der Waals surface area (Å²) in [5, 5.41) is 2.86. The van der Waals surface area contributed by atoms with E-state index in [0.29, 0.717) is 19.7 Å². The lowest BCUT2D eigenvalue weighted by atomic mass is 10.1. The minimum absolute atomic E-state index is 0.142. The number of hydrogen-bond acceptors (Lipinski definition) is 3. The Hall–Kier alpha value is -2.69. The van der Waals surface area contributed by atoms with Crippen molar-refractivity contribution in [3.63, 3.8) is 0 Å². The van der Waals surface area contributed by atoms with Gasteiger partial charge in [-0.05, 0) is 37.6 Å². The SMILES string of the molecule is COc1ccc(C)cc1CN(C)C(=O)NCCOc1cccc(C)c1. The highest BCUT2D eigenvalue weighted by atomic mass is 16.5. The molecule has 0 radical (unpaired) electrons. The second kappa shape index (κ2) is 8.97. The summed E-state index contributed by atoms with van der Waals surface area (Å²) in [6.45, 7) is 5.39. The molecule has 0 saturated carbocycles. The molecular formula is C20H26N2O3. The van der Waals surface area contributed by atoms with Crippen molar-refractivity contribution in [1.29, 1.82) is 0 Å². The molecule has 0 aromatic heterocycles. The van der Waals surface area contributed by atoms with Crippen LogP contribution in [0.4, 0.5) is 4.79 Å². The Bertz CT molecular complexity index is 716. The Balaban J connectivity index is 1.79. The zero-order chi connectivity index (χ0) is 18.2. The van der Waals surface area contributed by atoms with Crippen LogP contribution in [-0.2, 0) is 6.54 Å². The quantitative estimate of drug-likeness (QED) is 0.783. The molecule has 0 bridgehead atoms. The molecule has 0 atom stereocenters. The molecule has 0 fully saturated rings. The fraction of sp³-hybridized carbons (Fsp3) is 0.350. The average Bonchev–Trinajstić information content (AvgIpc) is 2.59. The van der Waals surface area contributed by atoms with Gasteiger partial charge in [0.15, 0.2) is 0 Å². The molecule has 2 aromatic carbocycles. The Labute approximate surface area is 149 Å². The number of aryl methyl sites for hydroxylation is 2. The van der Waals surface area contributed by atoms with Crippen molar-refractivity contribution < 1.29 is 14.3 Å². The van der Waals surface area contributed by atoms with Gasteiger partial charge in [0, 0.05) is 12.6 Å². The standard InChI is InChI=1S/C20H26N2O3/c1-15-6-5-7-18(13-15)25-11-10-21-20(23)22(3)14-17-12-16(2)8-9-19(17)24-4/h5-9,12-13H,10-11,14H2,1-4H3,(H,21,23). The first-order chi connectivity index (χ1) is 12.0. The van der Waals surface area contributed by atoms with Crippen molar-refractivity contribution in [2.24, 2.45) is 0 Å². The van der Waals surface area contributed by atoms with E-state index in [1.165, 1.54) is 0 Å². The number of nitrogens with one attached hydrogen (secondary N) is 1. The first-order valence-corrected chi connectivity index (χ1v) is 8.31. The van der Waals surface area contributed by atoms with E-state index in [-0.39, 0.29) is 6.03 Å². The van der Waals surface area contributed by atoms with Crippen LogP contribution in [0, 0.1) is 13.8 Å². The third-order valence-corrected chi connectivity index (χ3v) is 3.83. The smallest absolute Gasteiger partial charge is 0.317 e. The van der Waals surface area contributed by atoms with Gasteiger partial charge < -0.3 is 19.7 Å². The van der Waals surface area contributed by atoms with Crippen molar-refractivity contribution in [2.45, 2.75) is 20.4 Å². The van der Waals surface area contributed by atoms with E-state index in [2.05, 4.69) is 5.32 Å². The summed E-state index contributed by atoms with van der Waals surface area (Å²) >= 11 is 0. The zero-order valence-corrected chi connectivity index (χ0v) is 15.3. The second-order valence-electron chi connectivity index (χ2n) is 6.07. The third kappa shape index (κ3) is 5.71. The van der Waals surface area contributed by atoms with Gasteiger partial charge in [0.25, 0.3) is 0 Å². The fourth-order valence-electron chi connectivity index (χ4n) is 2.53. The van der Waals surface area contributed by atoms with E-state index in [1.807, 2.05) is 56.3 Å². The summed E-state index contributed by atoms with van der Waals surface area (Å²) in [7, 11) is 3.40. The van der Waals surface area contributed by atoms with E-state index >= 15 is 0 Å². The van der Waals surface area contributed by atoms with Crippen molar-refractivity contribution in [3.8, 4) is 11.5 Å². The number of ether oxygens (including phenoxy) is 2. The summed E-state index contributed by atoms with van der Waals surface area (Å²) in [4.78, 5) is 13.8. The van der Waals surface area contributed by atoms with Crippen LogP contribution < -0.4 is 14.8 Å². The molecule has 2 amide bonds. The lowest BCUT2D eigenvalue weighted by Crippen LogP contribution is -2.38. The molecule has 5 nitrogen and oxygen atoms in total. The van der Waals surface area contributed by atoms with Gasteiger partial charge in [-0.15, -0.1) is 0 Å². The summed E-state index contributed by atoms with van der Waals surface area (Å²) in [5.74, 6) is 1.60. The van der Waals surface area contributed by atoms with Crippen molar-refractivity contribution >= 4 is 6.03 Å². The molecule has 0 aliphatic rings. The minimum atomic E-state index is -0.142. The summed E-state index contributed by atoms with van der Waals surface area (Å²) in [6.07, 6.45) is 0. The molecule has 5 heteroatoms. The highest BCUT2D eigenvalue weighted by Crippen LogP contribution is 2.21. The van der Waals surface area contributed by atoms with Gasteiger partial charge in [0.2, 0.25) is 0 Å². The fourth-order valence-corrected chi connectivity index (χ4v) is 2.53. The Morgan fingerprint density at radius 2 is 1.88 bits per heavy atom. The highest BCUT2D eigenvalue weighted by molar-refractivity contribution is 5.73. The number of hydrogen-bond donors (Lipinski definition) is 1. The molecular weight excluding hydrogens is 316 g/mol. The van der Waals surface area contributed by atoms with Gasteiger partial charge in [-0.3, -0.25) is 0 Å². The molecule has 0 saturated heterocycles. The van der Waals surface area contributed by atoms with Crippen LogP contribution in [0.3, 0.4) is 0 Å². The van der Waals surface area contributed by atoms with Crippen molar-refractivity contribution in [2.75, 3.05) is 27.3 Å². The maximum Gasteiger partial charge on any atom is 0.317 e. The van der Waals surface area contributed by atoms with E-state index in [0.717, 1.165) is 28.2 Å². The predicted molar refractivity (Wildman–Crippen MR) is 99.3 cm³/mol. The Morgan fingerprint density at radius 3 is 2.60 bits per heavy atom. The molecule has 134 valence electrons. The maximum absolute atomic E-state index is 12.2. The lowest BCUT2D eigenvalue weighted by Gasteiger charge is -2.20. The number of methoxy groups -OCH3 is 1. The number of carbonyl (C=O) groups is 1. The van der Waals surface area contributed by atoms with Crippen LogP contribution in [0.5, 0.6) is 11.5 Å². The van der Waals surface area contributed by atoms with Crippen LogP contribution in [0.25, 0.3) is 0 Å². The van der Waals surface area contributed by atoms with E-state index < -0.39 is 0 Å². The molecule has 2 rings (SSSR count). The molecule has 1 N–H and O–H groups in total. The zero-order valence-electron chi connectivity index (χ0n) is 15.3. The second-order valence-corrected chi connectivity index (χ2v) is 6.07. The first-order valence-electron chi connectivity index (χ1n) is 8.31. The van der Waals surface area contributed by atoms with Gasteiger partial charge in [-0.1, -0.05) is 29.8 Å². The van der Waals surface area contributed by atoms with Crippen LogP contribution in [0.1, 0.15) is 16.7 Å². The number of carbonyl (C=O) groups excluding carboxylic acids is 1. The molecule has 0 spiro atoms. The largest absolute Gasteiger partial charge is 0.496 e. The number of rotatable bonds is 7. The maximum atomic E-state index is 12.2. The first kappa shape index (κ1) is 18.6. The molecule has 0 heterocycles. The van der Waals surface area contributed by atoms with Crippen molar-refractivity contribution in [3.05, 3.63) is 59.2 Å². The summed E-state index contributed by atoms with van der Waals surface area (Å²) < 4.78 is 11.0. The number of urea groups is 1. The summed E-state index contributed by atoms with van der Waals surface area (Å²) in [6, 6.07) is 13.6. The van der Waals surface area contributed by atoms with E-state index in [4.69, 9.17) is 9.47 Å². The molecule has 0 aliphatic heterocycles. The lowest BCUT2D eigenvalue weighted by molar-refractivity contribution is 0.203. The Kier molecular flexibility index (Phi) is 6.69. The third-order valence-electron chi connectivity index (χ3n) is 3.83. The van der Waals surface area contributed by atoms with E-state index in [1.54, 1.807) is 19.1 Å². The van der Waals surface area contributed by atoms with Crippen molar-refractivity contribution in [1.82, 2.24) is 10.2 Å². The number of nitrogens with zero attached hydrogens (tertiary/aromatic N) is 1. The van der Waals surface area contributed by atoms with Gasteiger partial charge in [0.05, 0.1) is 20.2 Å². The van der Waals surface area contributed by atoms with Gasteiger partial charge in [-0.25, -0.2) is 4.79 Å². The van der Waals surface area contributed by atoms with E-state index in [9.17, 15) is 4.79 Å². The monoisotopic (exact) mass is 342 g/mol. The number of amides is 2. The van der Waals surface area contributed by atoms with Gasteiger partial charge in [0.1, 0.15) is 18.1 Å². The molecule has 0 aliphatic carbocycles. The van der Waals surface area contributed by atoms with Crippen LogP contribution >= 0.6 is 0 Å².